The average molecular weight is 300 g/mol. The molecule has 1 aromatic heterocycles. The molecule has 0 aromatic carbocycles. The Balaban J connectivity index is 1.90. The van der Waals surface area contributed by atoms with E-state index in [2.05, 4.69) is 10.2 Å². The third-order valence-corrected chi connectivity index (χ3v) is 5.19. The molecule has 7 nitrogen and oxygen atoms in total. The van der Waals surface area contributed by atoms with Gasteiger partial charge >= 0.3 is 0 Å². The first-order valence-corrected chi connectivity index (χ1v) is 7.94. The van der Waals surface area contributed by atoms with Gasteiger partial charge in [0.25, 0.3) is 10.2 Å². The van der Waals surface area contributed by atoms with Crippen LogP contribution in [-0.2, 0) is 10.2 Å². The zero-order chi connectivity index (χ0) is 14.8. The third-order valence-electron chi connectivity index (χ3n) is 3.25. The molecule has 0 N–H and O–H groups in total. The van der Waals surface area contributed by atoms with Crippen molar-refractivity contribution in [1.29, 1.82) is 0 Å². The summed E-state index contributed by atoms with van der Waals surface area (Å²) in [5.74, 6) is 0.490. The zero-order valence-electron chi connectivity index (χ0n) is 12.0. The molecule has 0 amide bonds. The molecule has 1 aromatic rings. The van der Waals surface area contributed by atoms with Crippen LogP contribution in [0.1, 0.15) is 18.5 Å². The Labute approximate surface area is 119 Å². The van der Waals surface area contributed by atoms with Crippen molar-refractivity contribution in [2.75, 3.05) is 27.2 Å². The molecule has 1 saturated heterocycles. The second-order valence-electron chi connectivity index (χ2n) is 5.02. The quantitative estimate of drug-likeness (QED) is 0.806. The highest BCUT2D eigenvalue weighted by atomic mass is 32.2. The van der Waals surface area contributed by atoms with E-state index < -0.39 is 10.2 Å². The lowest BCUT2D eigenvalue weighted by Crippen LogP contribution is -2.46. The molecule has 0 aliphatic carbocycles. The van der Waals surface area contributed by atoms with Gasteiger partial charge in [-0.15, -0.1) is 5.10 Å². The number of aromatic nitrogens is 2. The minimum Gasteiger partial charge on any atom is -0.473 e. The van der Waals surface area contributed by atoms with Crippen molar-refractivity contribution in [2.24, 2.45) is 0 Å². The van der Waals surface area contributed by atoms with Gasteiger partial charge in [-0.25, -0.2) is 0 Å². The average Bonchev–Trinajstić information content (AvgIpc) is 2.42. The fourth-order valence-electron chi connectivity index (χ4n) is 2.03. The van der Waals surface area contributed by atoms with Gasteiger partial charge in [0.2, 0.25) is 5.88 Å². The first-order valence-electron chi connectivity index (χ1n) is 6.54. The first kappa shape index (κ1) is 15.1. The summed E-state index contributed by atoms with van der Waals surface area (Å²) >= 11 is 0. The van der Waals surface area contributed by atoms with Gasteiger partial charge in [-0.2, -0.15) is 22.1 Å². The van der Waals surface area contributed by atoms with Gasteiger partial charge < -0.3 is 4.74 Å². The Morgan fingerprint density at radius 1 is 1.25 bits per heavy atom. The van der Waals surface area contributed by atoms with Gasteiger partial charge in [-0.05, 0) is 25.8 Å². The Bertz CT molecular complexity index is 536. The van der Waals surface area contributed by atoms with Crippen LogP contribution in [-0.4, -0.2) is 60.5 Å². The summed E-state index contributed by atoms with van der Waals surface area (Å²) in [4.78, 5) is 0. The topological polar surface area (TPSA) is 75.6 Å². The van der Waals surface area contributed by atoms with Crippen molar-refractivity contribution in [3.63, 3.8) is 0 Å². The fourth-order valence-corrected chi connectivity index (χ4v) is 3.17. The highest BCUT2D eigenvalue weighted by Gasteiger charge is 2.30. The Morgan fingerprint density at radius 2 is 1.90 bits per heavy atom. The highest BCUT2D eigenvalue weighted by Crippen LogP contribution is 2.19. The summed E-state index contributed by atoms with van der Waals surface area (Å²) in [6, 6.07) is 3.62. The van der Waals surface area contributed by atoms with Crippen molar-refractivity contribution in [1.82, 2.24) is 18.8 Å². The monoisotopic (exact) mass is 300 g/mol. The van der Waals surface area contributed by atoms with E-state index in [1.54, 1.807) is 20.2 Å². The molecule has 2 heterocycles. The van der Waals surface area contributed by atoms with E-state index in [4.69, 9.17) is 4.74 Å². The fraction of sp³-hybridized carbons (Fsp3) is 0.667. The van der Waals surface area contributed by atoms with Gasteiger partial charge in [0, 0.05) is 33.3 Å². The van der Waals surface area contributed by atoms with E-state index >= 15 is 0 Å². The van der Waals surface area contributed by atoms with Crippen LogP contribution in [0.4, 0.5) is 0 Å². The van der Waals surface area contributed by atoms with Crippen molar-refractivity contribution in [3.8, 4) is 5.88 Å². The maximum Gasteiger partial charge on any atom is 0.281 e. The van der Waals surface area contributed by atoms with E-state index in [1.165, 1.54) is 8.61 Å². The molecule has 0 saturated carbocycles. The lowest BCUT2D eigenvalue weighted by molar-refractivity contribution is 0.126. The molecular formula is C12H20N4O3S. The van der Waals surface area contributed by atoms with E-state index in [0.717, 1.165) is 5.69 Å². The molecule has 0 atom stereocenters. The molecule has 8 heteroatoms. The van der Waals surface area contributed by atoms with Crippen LogP contribution >= 0.6 is 0 Å². The minimum absolute atomic E-state index is 0.0133. The molecular weight excluding hydrogens is 280 g/mol. The van der Waals surface area contributed by atoms with Crippen LogP contribution in [0.2, 0.25) is 0 Å². The van der Waals surface area contributed by atoms with Crippen molar-refractivity contribution >= 4 is 10.2 Å². The second kappa shape index (κ2) is 6.02. The van der Waals surface area contributed by atoms with Gasteiger partial charge in [0.05, 0.1) is 5.69 Å². The number of aryl methyl sites for hydroxylation is 1. The standard InChI is InChI=1S/C12H20N4O3S/c1-10-4-5-12(14-13-10)19-11-6-8-16(9-7-11)20(17,18)15(2)3/h4-5,11H,6-9H2,1-3H3. The summed E-state index contributed by atoms with van der Waals surface area (Å²) in [6.07, 6.45) is 1.30. The molecule has 0 unspecified atom stereocenters. The number of rotatable bonds is 4. The summed E-state index contributed by atoms with van der Waals surface area (Å²) in [6.45, 7) is 2.79. The van der Waals surface area contributed by atoms with Crippen molar-refractivity contribution < 1.29 is 13.2 Å². The summed E-state index contributed by atoms with van der Waals surface area (Å²) in [5, 5.41) is 7.89. The van der Waals surface area contributed by atoms with E-state index in [-0.39, 0.29) is 6.10 Å². The first-order chi connectivity index (χ1) is 9.39. The maximum absolute atomic E-state index is 12.0. The molecule has 0 spiro atoms. The molecule has 2 rings (SSSR count). The van der Waals surface area contributed by atoms with E-state index in [1.807, 2.05) is 13.0 Å². The molecule has 20 heavy (non-hydrogen) atoms. The minimum atomic E-state index is -3.32. The molecule has 1 fully saturated rings. The second-order valence-corrected chi connectivity index (χ2v) is 7.16. The summed E-state index contributed by atoms with van der Waals surface area (Å²) < 4.78 is 32.4. The van der Waals surface area contributed by atoms with E-state index in [9.17, 15) is 8.42 Å². The number of hydrogen-bond donors (Lipinski definition) is 0. The molecule has 0 bridgehead atoms. The van der Waals surface area contributed by atoms with Gasteiger partial charge in [0.15, 0.2) is 0 Å². The largest absolute Gasteiger partial charge is 0.473 e. The van der Waals surface area contributed by atoms with Crippen LogP contribution in [0.5, 0.6) is 5.88 Å². The zero-order valence-corrected chi connectivity index (χ0v) is 12.8. The van der Waals surface area contributed by atoms with Gasteiger partial charge in [0.1, 0.15) is 6.10 Å². The number of ether oxygens (including phenoxy) is 1. The molecule has 112 valence electrons. The Morgan fingerprint density at radius 3 is 2.40 bits per heavy atom. The normalized spacial score (nSPS) is 18.4. The lowest BCUT2D eigenvalue weighted by Gasteiger charge is -2.32. The summed E-state index contributed by atoms with van der Waals surface area (Å²) in [7, 11) is -0.236. The SMILES string of the molecule is Cc1ccc(OC2CCN(S(=O)(=O)N(C)C)CC2)nn1. The van der Waals surface area contributed by atoms with E-state index in [0.29, 0.717) is 31.8 Å². The number of piperidine rings is 1. The number of hydrogen-bond acceptors (Lipinski definition) is 5. The van der Waals surface area contributed by atoms with Gasteiger partial charge in [-0.3, -0.25) is 0 Å². The predicted octanol–water partition coefficient (Wildman–Crippen LogP) is 0.435. The number of nitrogens with zero attached hydrogens (tertiary/aromatic N) is 4. The van der Waals surface area contributed by atoms with Crippen LogP contribution in [0.3, 0.4) is 0 Å². The van der Waals surface area contributed by atoms with Crippen LogP contribution in [0, 0.1) is 6.92 Å². The Kier molecular flexibility index (Phi) is 4.56. The van der Waals surface area contributed by atoms with Gasteiger partial charge in [-0.1, -0.05) is 0 Å². The predicted molar refractivity (Wildman–Crippen MR) is 74.6 cm³/mol. The Hall–Kier alpha value is -1.25. The molecule has 1 aliphatic heterocycles. The maximum atomic E-state index is 12.0. The van der Waals surface area contributed by atoms with Crippen LogP contribution in [0.25, 0.3) is 0 Å². The smallest absolute Gasteiger partial charge is 0.281 e. The van der Waals surface area contributed by atoms with Crippen LogP contribution in [0.15, 0.2) is 12.1 Å². The molecule has 1 aliphatic rings. The van der Waals surface area contributed by atoms with Crippen molar-refractivity contribution in [3.05, 3.63) is 17.8 Å². The van der Waals surface area contributed by atoms with Crippen molar-refractivity contribution in [2.45, 2.75) is 25.9 Å². The highest BCUT2D eigenvalue weighted by molar-refractivity contribution is 7.86. The third kappa shape index (κ3) is 3.44. The van der Waals surface area contributed by atoms with Crippen LogP contribution < -0.4 is 4.74 Å². The summed E-state index contributed by atoms with van der Waals surface area (Å²) in [5.41, 5.74) is 0.837. The molecule has 0 radical (unpaired) electrons. The lowest BCUT2D eigenvalue weighted by atomic mass is 10.1.